The van der Waals surface area contributed by atoms with E-state index in [-0.39, 0.29) is 5.91 Å². The van der Waals surface area contributed by atoms with E-state index in [1.54, 1.807) is 0 Å². The van der Waals surface area contributed by atoms with Gasteiger partial charge in [-0.2, -0.15) is 0 Å². The standard InChI is InChI=1S/C15H24N4O/c1-18-8-9-19(2)13(11-18)10-17-15(20)14(16)12-6-4-3-5-7-12/h3-7,13-14H,8-11,16H2,1-2H3,(H,17,20)/t13?,14-/m1/s1. The zero-order chi connectivity index (χ0) is 14.5. The molecule has 20 heavy (non-hydrogen) atoms. The highest BCUT2D eigenvalue weighted by molar-refractivity contribution is 5.82. The van der Waals surface area contributed by atoms with Crippen LogP contribution < -0.4 is 11.1 Å². The van der Waals surface area contributed by atoms with Gasteiger partial charge in [0.1, 0.15) is 6.04 Å². The van der Waals surface area contributed by atoms with Crippen LogP contribution in [0.3, 0.4) is 0 Å². The quantitative estimate of drug-likeness (QED) is 0.816. The van der Waals surface area contributed by atoms with Crippen LogP contribution in [0.4, 0.5) is 0 Å². The first-order valence-electron chi connectivity index (χ1n) is 7.05. The lowest BCUT2D eigenvalue weighted by molar-refractivity contribution is -0.122. The Morgan fingerprint density at radius 1 is 1.35 bits per heavy atom. The Morgan fingerprint density at radius 2 is 2.05 bits per heavy atom. The van der Waals surface area contributed by atoms with Gasteiger partial charge in [0.25, 0.3) is 0 Å². The van der Waals surface area contributed by atoms with Crippen molar-refractivity contribution >= 4 is 5.91 Å². The number of nitrogens with zero attached hydrogens (tertiary/aromatic N) is 2. The van der Waals surface area contributed by atoms with Crippen molar-refractivity contribution < 1.29 is 4.79 Å². The summed E-state index contributed by atoms with van der Waals surface area (Å²) in [6.45, 7) is 3.71. The van der Waals surface area contributed by atoms with Crippen LogP contribution in [0.1, 0.15) is 11.6 Å². The molecule has 1 unspecified atom stereocenters. The molecule has 0 aliphatic carbocycles. The molecule has 1 aromatic carbocycles. The lowest BCUT2D eigenvalue weighted by Gasteiger charge is -2.37. The average molecular weight is 276 g/mol. The minimum Gasteiger partial charge on any atom is -0.353 e. The number of amides is 1. The molecule has 1 aromatic rings. The number of nitrogens with one attached hydrogen (secondary N) is 1. The normalized spacial score (nSPS) is 22.4. The van der Waals surface area contributed by atoms with Gasteiger partial charge in [-0.15, -0.1) is 0 Å². The number of likely N-dealkylation sites (N-methyl/N-ethyl adjacent to an activating group) is 2. The Kier molecular flexibility index (Phi) is 5.11. The second kappa shape index (κ2) is 6.83. The van der Waals surface area contributed by atoms with Gasteiger partial charge in [0.05, 0.1) is 0 Å². The van der Waals surface area contributed by atoms with Gasteiger partial charge >= 0.3 is 0 Å². The van der Waals surface area contributed by atoms with Crippen molar-refractivity contribution in [3.63, 3.8) is 0 Å². The van der Waals surface area contributed by atoms with Gasteiger partial charge in [-0.05, 0) is 19.7 Å². The molecule has 1 saturated heterocycles. The SMILES string of the molecule is CN1CCN(C)C(CNC(=O)[C@H](N)c2ccccc2)C1. The number of hydrogen-bond donors (Lipinski definition) is 2. The number of nitrogens with two attached hydrogens (primary N) is 1. The number of hydrogen-bond acceptors (Lipinski definition) is 4. The fraction of sp³-hybridized carbons (Fsp3) is 0.533. The summed E-state index contributed by atoms with van der Waals surface area (Å²) in [4.78, 5) is 16.7. The van der Waals surface area contributed by atoms with E-state index in [9.17, 15) is 4.79 Å². The molecule has 1 amide bonds. The van der Waals surface area contributed by atoms with Crippen LogP contribution in [-0.4, -0.2) is 62.0 Å². The predicted octanol–water partition coefficient (Wildman–Crippen LogP) is 0.0484. The minimum atomic E-state index is -0.595. The first-order valence-corrected chi connectivity index (χ1v) is 7.05. The van der Waals surface area contributed by atoms with E-state index in [1.165, 1.54) is 0 Å². The summed E-state index contributed by atoms with van der Waals surface area (Å²) in [6, 6.07) is 9.22. The maximum Gasteiger partial charge on any atom is 0.241 e. The smallest absolute Gasteiger partial charge is 0.241 e. The molecule has 0 spiro atoms. The van der Waals surface area contributed by atoms with Crippen molar-refractivity contribution in [3.8, 4) is 0 Å². The topological polar surface area (TPSA) is 61.6 Å². The van der Waals surface area contributed by atoms with Gasteiger partial charge < -0.3 is 16.0 Å². The molecule has 3 N–H and O–H groups in total. The summed E-state index contributed by atoms with van der Waals surface area (Å²) in [5.74, 6) is -0.113. The molecule has 1 heterocycles. The summed E-state index contributed by atoms with van der Waals surface area (Å²) >= 11 is 0. The molecule has 0 aromatic heterocycles. The Labute approximate surface area is 120 Å². The van der Waals surface area contributed by atoms with Crippen LogP contribution in [0.25, 0.3) is 0 Å². The molecule has 1 aliphatic rings. The summed E-state index contributed by atoms with van der Waals surface area (Å²) in [6.07, 6.45) is 0. The number of carbonyl (C=O) groups excluding carboxylic acids is 1. The average Bonchev–Trinajstić information content (AvgIpc) is 2.48. The zero-order valence-electron chi connectivity index (χ0n) is 12.2. The number of benzene rings is 1. The first-order chi connectivity index (χ1) is 9.58. The van der Waals surface area contributed by atoms with E-state index in [2.05, 4.69) is 29.2 Å². The highest BCUT2D eigenvalue weighted by Crippen LogP contribution is 2.10. The molecule has 0 radical (unpaired) electrons. The molecule has 2 atom stereocenters. The van der Waals surface area contributed by atoms with E-state index < -0.39 is 6.04 Å². The lowest BCUT2D eigenvalue weighted by Crippen LogP contribution is -2.54. The Balaban J connectivity index is 1.85. The van der Waals surface area contributed by atoms with E-state index in [0.29, 0.717) is 12.6 Å². The van der Waals surface area contributed by atoms with E-state index in [1.807, 2.05) is 30.3 Å². The zero-order valence-corrected chi connectivity index (χ0v) is 12.2. The van der Waals surface area contributed by atoms with Crippen molar-refractivity contribution in [3.05, 3.63) is 35.9 Å². The third-order valence-corrected chi connectivity index (χ3v) is 3.93. The molecule has 2 rings (SSSR count). The number of rotatable bonds is 4. The largest absolute Gasteiger partial charge is 0.353 e. The van der Waals surface area contributed by atoms with Crippen molar-refractivity contribution in [2.45, 2.75) is 12.1 Å². The van der Waals surface area contributed by atoms with E-state index in [4.69, 9.17) is 5.73 Å². The van der Waals surface area contributed by atoms with Crippen LogP contribution in [0, 0.1) is 0 Å². The molecular formula is C15H24N4O. The van der Waals surface area contributed by atoms with Crippen molar-refractivity contribution in [2.24, 2.45) is 5.73 Å². The third-order valence-electron chi connectivity index (χ3n) is 3.93. The highest BCUT2D eigenvalue weighted by Gasteiger charge is 2.23. The molecule has 1 aliphatic heterocycles. The van der Waals surface area contributed by atoms with E-state index in [0.717, 1.165) is 25.2 Å². The second-order valence-corrected chi connectivity index (χ2v) is 5.53. The van der Waals surface area contributed by atoms with Crippen LogP contribution in [0.15, 0.2) is 30.3 Å². The van der Waals surface area contributed by atoms with Gasteiger partial charge in [-0.25, -0.2) is 0 Å². The first kappa shape index (κ1) is 15.0. The molecule has 0 bridgehead atoms. The molecular weight excluding hydrogens is 252 g/mol. The Bertz CT molecular complexity index is 437. The monoisotopic (exact) mass is 276 g/mol. The molecule has 1 fully saturated rings. The maximum absolute atomic E-state index is 12.1. The molecule has 0 saturated carbocycles. The van der Waals surface area contributed by atoms with Crippen LogP contribution in [0.5, 0.6) is 0 Å². The summed E-state index contributed by atoms with van der Waals surface area (Å²) in [5, 5.41) is 2.97. The Morgan fingerprint density at radius 3 is 2.75 bits per heavy atom. The van der Waals surface area contributed by atoms with Gasteiger partial charge in [0.15, 0.2) is 0 Å². The highest BCUT2D eigenvalue weighted by atomic mass is 16.2. The van der Waals surface area contributed by atoms with Crippen molar-refractivity contribution in [1.82, 2.24) is 15.1 Å². The maximum atomic E-state index is 12.1. The fourth-order valence-corrected chi connectivity index (χ4v) is 2.46. The minimum absolute atomic E-state index is 0.113. The summed E-state index contributed by atoms with van der Waals surface area (Å²) in [5.41, 5.74) is 6.83. The predicted molar refractivity (Wildman–Crippen MR) is 80.3 cm³/mol. The van der Waals surface area contributed by atoms with Gasteiger partial charge in [0, 0.05) is 32.2 Å². The molecule has 5 heteroatoms. The molecule has 110 valence electrons. The van der Waals surface area contributed by atoms with Gasteiger partial charge in [-0.1, -0.05) is 30.3 Å². The number of piperazine rings is 1. The van der Waals surface area contributed by atoms with Gasteiger partial charge in [-0.3, -0.25) is 9.69 Å². The van der Waals surface area contributed by atoms with Crippen LogP contribution in [-0.2, 0) is 4.79 Å². The Hall–Kier alpha value is -1.43. The summed E-state index contributed by atoms with van der Waals surface area (Å²) in [7, 11) is 4.21. The third kappa shape index (κ3) is 3.79. The van der Waals surface area contributed by atoms with Crippen molar-refractivity contribution in [2.75, 3.05) is 40.3 Å². The lowest BCUT2D eigenvalue weighted by atomic mass is 10.1. The van der Waals surface area contributed by atoms with Gasteiger partial charge in [0.2, 0.25) is 5.91 Å². The second-order valence-electron chi connectivity index (χ2n) is 5.53. The number of carbonyl (C=O) groups is 1. The molecule has 5 nitrogen and oxygen atoms in total. The van der Waals surface area contributed by atoms with E-state index >= 15 is 0 Å². The van der Waals surface area contributed by atoms with Crippen LogP contribution >= 0.6 is 0 Å². The summed E-state index contributed by atoms with van der Waals surface area (Å²) < 4.78 is 0. The fourth-order valence-electron chi connectivity index (χ4n) is 2.46. The van der Waals surface area contributed by atoms with Crippen LogP contribution in [0.2, 0.25) is 0 Å². The van der Waals surface area contributed by atoms with Crippen molar-refractivity contribution in [1.29, 1.82) is 0 Å².